The van der Waals surface area contributed by atoms with Gasteiger partial charge in [0.2, 0.25) is 0 Å². The van der Waals surface area contributed by atoms with E-state index >= 15 is 0 Å². The van der Waals surface area contributed by atoms with Crippen LogP contribution >= 0.6 is 0 Å². The lowest BCUT2D eigenvalue weighted by Gasteiger charge is -2.57. The fourth-order valence-electron chi connectivity index (χ4n) is 11.1. The molecule has 4 nitrogen and oxygen atoms in total. The molecule has 1 aliphatic heterocycles. The maximum Gasteiger partial charge on any atom is 0.169 e. The maximum absolute atomic E-state index is 11.8. The molecule has 0 aromatic rings. The minimum Gasteiger partial charge on any atom is -0.390 e. The number of ether oxygens (including phenoxy) is 2. The van der Waals surface area contributed by atoms with Gasteiger partial charge in [-0.2, -0.15) is 0 Å². The van der Waals surface area contributed by atoms with E-state index in [2.05, 4.69) is 32.0 Å². The molecule has 0 aromatic carbocycles. The van der Waals surface area contributed by atoms with Crippen molar-refractivity contribution in [2.75, 3.05) is 20.3 Å². The van der Waals surface area contributed by atoms with Crippen LogP contribution in [-0.4, -0.2) is 47.7 Å². The van der Waals surface area contributed by atoms with Gasteiger partial charge in [0.1, 0.15) is 0 Å². The molecular weight excluding hydrogens is 494 g/mol. The number of hydrogen-bond donors (Lipinski definition) is 1. The summed E-state index contributed by atoms with van der Waals surface area (Å²) < 4.78 is 12.5. The van der Waals surface area contributed by atoms with Crippen LogP contribution in [-0.2, 0) is 9.47 Å². The van der Waals surface area contributed by atoms with E-state index in [1.165, 1.54) is 63.4 Å². The summed E-state index contributed by atoms with van der Waals surface area (Å²) in [7, 11) is 2.33. The quantitative estimate of drug-likeness (QED) is 0.363. The lowest BCUT2D eigenvalue weighted by molar-refractivity contribution is -0.182. The summed E-state index contributed by atoms with van der Waals surface area (Å²) in [6.07, 6.45) is 21.9. The van der Waals surface area contributed by atoms with Crippen LogP contribution < -0.4 is 0 Å². The van der Waals surface area contributed by atoms with Crippen molar-refractivity contribution in [3.05, 3.63) is 35.1 Å². The van der Waals surface area contributed by atoms with Crippen LogP contribution in [0.4, 0.5) is 0 Å². The highest BCUT2D eigenvalue weighted by atomic mass is 16.7. The molecule has 0 bridgehead atoms. The van der Waals surface area contributed by atoms with E-state index in [0.717, 1.165) is 64.2 Å². The van der Waals surface area contributed by atoms with Gasteiger partial charge in [0.15, 0.2) is 5.79 Å². The van der Waals surface area contributed by atoms with Crippen molar-refractivity contribution < 1.29 is 14.6 Å². The fourth-order valence-corrected chi connectivity index (χ4v) is 11.1. The normalized spacial score (nSPS) is 44.5. The molecule has 1 saturated heterocycles. The largest absolute Gasteiger partial charge is 0.390 e. The zero-order valence-electron chi connectivity index (χ0n) is 25.7. The predicted molar refractivity (Wildman–Crippen MR) is 160 cm³/mol. The van der Waals surface area contributed by atoms with Crippen molar-refractivity contribution in [3.8, 4) is 0 Å². The summed E-state index contributed by atoms with van der Waals surface area (Å²) in [5.74, 6) is 2.57. The third-order valence-corrected chi connectivity index (χ3v) is 13.6. The summed E-state index contributed by atoms with van der Waals surface area (Å²) in [5.41, 5.74) is 6.15. The number of fused-ring (bicyclic) bond motifs is 4. The van der Waals surface area contributed by atoms with Gasteiger partial charge in [0, 0.05) is 31.3 Å². The summed E-state index contributed by atoms with van der Waals surface area (Å²) >= 11 is 0. The van der Waals surface area contributed by atoms with Crippen LogP contribution in [0.5, 0.6) is 0 Å². The average molecular weight is 550 g/mol. The van der Waals surface area contributed by atoms with E-state index < -0.39 is 5.60 Å². The van der Waals surface area contributed by atoms with Crippen LogP contribution in [0.1, 0.15) is 117 Å². The number of allylic oxidation sites excluding steroid dienone is 4. The van der Waals surface area contributed by atoms with Gasteiger partial charge >= 0.3 is 0 Å². The molecule has 1 heterocycles. The Balaban J connectivity index is 1.23. The summed E-state index contributed by atoms with van der Waals surface area (Å²) in [4.78, 5) is 2.57. The number of hydrogen-bond acceptors (Lipinski definition) is 4. The Morgan fingerprint density at radius 1 is 0.875 bits per heavy atom. The standard InChI is InChI=1S/C36H55NO3/c1-24-10-11-25(23-37(4)27-8-6-5-7-9-27)20-30(24)31-22-34(2)32(15-16-35(34,3)38)29-13-12-26-21-36(39-18-19-40-36)17-14-28(26)33(29)31/h23,26-27,29-32,38H,1,5-22H2,2-4H3/b25-23+/t26?,29?,30?,31?,32?,34?,35-/m0/s1. The average Bonchev–Trinajstić information content (AvgIpc) is 3.50. The van der Waals surface area contributed by atoms with Crippen LogP contribution in [0, 0.1) is 35.0 Å². The van der Waals surface area contributed by atoms with Crippen molar-refractivity contribution in [2.24, 2.45) is 35.0 Å². The number of rotatable bonds is 3. The summed E-state index contributed by atoms with van der Waals surface area (Å²) in [6.45, 7) is 10.9. The number of nitrogens with zero attached hydrogens (tertiary/aromatic N) is 1. The van der Waals surface area contributed by atoms with E-state index in [1.54, 1.807) is 11.1 Å². The first-order valence-electron chi connectivity index (χ1n) is 17.0. The highest BCUT2D eigenvalue weighted by Gasteiger charge is 2.62. The van der Waals surface area contributed by atoms with Gasteiger partial charge in [-0.05, 0) is 113 Å². The Labute approximate surface area is 243 Å². The molecule has 7 aliphatic rings. The molecule has 6 aliphatic carbocycles. The van der Waals surface area contributed by atoms with Gasteiger partial charge in [-0.3, -0.25) is 0 Å². The van der Waals surface area contributed by atoms with E-state index in [1.807, 2.05) is 5.57 Å². The molecule has 6 unspecified atom stereocenters. The van der Waals surface area contributed by atoms with Crippen LogP contribution in [0.15, 0.2) is 35.1 Å². The van der Waals surface area contributed by atoms with Gasteiger partial charge < -0.3 is 19.5 Å². The van der Waals surface area contributed by atoms with Crippen molar-refractivity contribution in [3.63, 3.8) is 0 Å². The lowest BCUT2D eigenvalue weighted by atomic mass is 9.48. The molecule has 0 radical (unpaired) electrons. The number of aliphatic hydroxyl groups is 1. The fraction of sp³-hybridized carbons (Fsp3) is 0.833. The second kappa shape index (κ2) is 10.3. The highest BCUT2D eigenvalue weighted by molar-refractivity contribution is 5.36. The van der Waals surface area contributed by atoms with E-state index in [9.17, 15) is 5.11 Å². The van der Waals surface area contributed by atoms with Gasteiger partial charge in [0.25, 0.3) is 0 Å². The summed E-state index contributed by atoms with van der Waals surface area (Å²) in [6, 6.07) is 0.718. The van der Waals surface area contributed by atoms with Crippen molar-refractivity contribution >= 4 is 0 Å². The third kappa shape index (κ3) is 4.49. The van der Waals surface area contributed by atoms with E-state index in [-0.39, 0.29) is 11.2 Å². The van der Waals surface area contributed by atoms with Crippen molar-refractivity contribution in [2.45, 2.75) is 134 Å². The Bertz CT molecular complexity index is 1060. The molecule has 1 spiro atoms. The predicted octanol–water partition coefficient (Wildman–Crippen LogP) is 7.93. The molecule has 6 fully saturated rings. The van der Waals surface area contributed by atoms with Crippen molar-refractivity contribution in [1.29, 1.82) is 0 Å². The second-order valence-corrected chi connectivity index (χ2v) is 15.5. The molecule has 1 N–H and O–H groups in total. The van der Waals surface area contributed by atoms with E-state index in [0.29, 0.717) is 29.6 Å². The topological polar surface area (TPSA) is 41.9 Å². The lowest BCUT2D eigenvalue weighted by Crippen LogP contribution is -2.53. The Kier molecular flexibility index (Phi) is 7.11. The molecule has 0 aromatic heterocycles. The maximum atomic E-state index is 11.8. The Morgan fingerprint density at radius 3 is 2.42 bits per heavy atom. The highest BCUT2D eigenvalue weighted by Crippen LogP contribution is 2.67. The minimum atomic E-state index is -0.568. The van der Waals surface area contributed by atoms with Gasteiger partial charge in [-0.25, -0.2) is 0 Å². The van der Waals surface area contributed by atoms with Crippen molar-refractivity contribution in [1.82, 2.24) is 4.90 Å². The van der Waals surface area contributed by atoms with Crippen LogP contribution in [0.3, 0.4) is 0 Å². The zero-order valence-corrected chi connectivity index (χ0v) is 25.7. The zero-order chi connectivity index (χ0) is 27.7. The van der Waals surface area contributed by atoms with Gasteiger partial charge in [-0.1, -0.05) is 55.1 Å². The van der Waals surface area contributed by atoms with Gasteiger partial charge in [-0.15, -0.1) is 0 Å². The molecule has 40 heavy (non-hydrogen) atoms. The first-order chi connectivity index (χ1) is 19.2. The molecule has 7 atom stereocenters. The van der Waals surface area contributed by atoms with Gasteiger partial charge in [0.05, 0.1) is 18.8 Å². The van der Waals surface area contributed by atoms with Crippen LogP contribution in [0.25, 0.3) is 0 Å². The smallest absolute Gasteiger partial charge is 0.169 e. The Hall–Kier alpha value is -1.10. The first kappa shape index (κ1) is 27.7. The van der Waals surface area contributed by atoms with Crippen LogP contribution in [0.2, 0.25) is 0 Å². The SMILES string of the molecule is C=C1CC/C(=C\N(C)C2CCCCC2)CC1C1CC2(C)C(CC[C@]2(C)O)C2CCC3CC4(CCC3=C12)OCCO4. The third-order valence-electron chi connectivity index (χ3n) is 13.6. The second-order valence-electron chi connectivity index (χ2n) is 15.5. The minimum absolute atomic E-state index is 0.00666. The molecule has 222 valence electrons. The first-order valence-corrected chi connectivity index (χ1v) is 17.0. The summed E-state index contributed by atoms with van der Waals surface area (Å²) in [5, 5.41) is 11.8. The molecule has 7 rings (SSSR count). The monoisotopic (exact) mass is 549 g/mol. The molecular formula is C36H55NO3. The molecule has 5 saturated carbocycles. The molecule has 0 amide bonds. The Morgan fingerprint density at radius 2 is 1.65 bits per heavy atom. The van der Waals surface area contributed by atoms with E-state index in [4.69, 9.17) is 16.1 Å². The molecule has 4 heteroatoms.